The molecule has 0 aromatic carbocycles. The smallest absolute Gasteiger partial charge is 0.0487 e. The largest absolute Gasteiger partial charge is 0.286 e. The van der Waals surface area contributed by atoms with Gasteiger partial charge in [-0.1, -0.05) is 20.8 Å². The molecular weight excluding hydrogens is 160 g/mol. The van der Waals surface area contributed by atoms with Crippen LogP contribution in [0.25, 0.3) is 0 Å². The van der Waals surface area contributed by atoms with Crippen molar-refractivity contribution in [2.75, 3.05) is 0 Å². The molecule has 0 fully saturated rings. The Morgan fingerprint density at radius 1 is 1.38 bits per heavy atom. The minimum Gasteiger partial charge on any atom is -0.286 e. The van der Waals surface area contributed by atoms with Gasteiger partial charge in [-0.2, -0.15) is 5.10 Å². The first-order valence-electron chi connectivity index (χ1n) is 4.75. The lowest BCUT2D eigenvalue weighted by Gasteiger charge is -1.71. The summed E-state index contributed by atoms with van der Waals surface area (Å²) >= 11 is 0. The topological polar surface area (TPSA) is 28.7 Å². The molecule has 1 heterocycles. The van der Waals surface area contributed by atoms with E-state index < -0.39 is 0 Å². The number of hydrogen-bond donors (Lipinski definition) is 1. The van der Waals surface area contributed by atoms with Crippen molar-refractivity contribution in [1.82, 2.24) is 10.2 Å². The quantitative estimate of drug-likeness (QED) is 0.660. The molecule has 1 rings (SSSR count). The molecule has 1 N–H and O–H groups in total. The molecule has 0 saturated carbocycles. The Morgan fingerprint density at radius 2 is 2.08 bits per heavy atom. The second-order valence-electron chi connectivity index (χ2n) is 1.94. The third kappa shape index (κ3) is 18.1. The monoisotopic (exact) mass is 180 g/mol. The molecule has 0 aliphatic heterocycles. The van der Waals surface area contributed by atoms with Crippen LogP contribution in [0, 0.1) is 11.8 Å². The summed E-state index contributed by atoms with van der Waals surface area (Å²) in [6.45, 7) is 8.00. The fraction of sp³-hybridized carbons (Fsp3) is 0.545. The van der Waals surface area contributed by atoms with E-state index in [0.717, 1.165) is 6.42 Å². The van der Waals surface area contributed by atoms with Gasteiger partial charge in [0.25, 0.3) is 0 Å². The predicted octanol–water partition coefficient (Wildman–Crippen LogP) is 3.25. The maximum atomic E-state index is 3.60. The molecule has 0 aliphatic rings. The number of nitrogens with one attached hydrogen (secondary N) is 1. The Bertz CT molecular complexity index is 174. The highest BCUT2D eigenvalue weighted by atomic mass is 15.1. The Morgan fingerprint density at radius 3 is 2.23 bits per heavy atom. The van der Waals surface area contributed by atoms with Crippen molar-refractivity contribution in [3.05, 3.63) is 18.5 Å². The van der Waals surface area contributed by atoms with Crippen LogP contribution in [0.3, 0.4) is 0 Å². The average Bonchev–Trinajstić information content (AvgIpc) is 2.76. The van der Waals surface area contributed by atoms with Crippen molar-refractivity contribution >= 4 is 0 Å². The summed E-state index contributed by atoms with van der Waals surface area (Å²) in [6.07, 6.45) is 5.69. The first-order valence-corrected chi connectivity index (χ1v) is 4.75. The second kappa shape index (κ2) is 17.0. The Balaban J connectivity index is 0. The number of H-pyrrole nitrogens is 1. The molecule has 0 spiro atoms. The zero-order valence-corrected chi connectivity index (χ0v) is 9.09. The van der Waals surface area contributed by atoms with E-state index in [-0.39, 0.29) is 0 Å². The SMILES string of the molecule is CC.CC#CCCC.c1cn[nH]c1. The molecule has 0 aliphatic carbocycles. The van der Waals surface area contributed by atoms with Gasteiger partial charge in [-0.15, -0.1) is 11.8 Å². The maximum Gasteiger partial charge on any atom is 0.0487 e. The summed E-state index contributed by atoms with van der Waals surface area (Å²) in [4.78, 5) is 0. The molecule has 0 atom stereocenters. The highest BCUT2D eigenvalue weighted by molar-refractivity contribution is 4.93. The number of unbranched alkanes of at least 4 members (excludes halogenated alkanes) is 1. The molecule has 2 heteroatoms. The van der Waals surface area contributed by atoms with Crippen LogP contribution in [0.4, 0.5) is 0 Å². The van der Waals surface area contributed by atoms with Crippen LogP contribution < -0.4 is 0 Å². The van der Waals surface area contributed by atoms with Crippen molar-refractivity contribution in [3.8, 4) is 11.8 Å². The van der Waals surface area contributed by atoms with E-state index in [2.05, 4.69) is 29.0 Å². The number of hydrogen-bond acceptors (Lipinski definition) is 1. The van der Waals surface area contributed by atoms with E-state index in [0.29, 0.717) is 0 Å². The third-order valence-electron chi connectivity index (χ3n) is 0.958. The second-order valence-corrected chi connectivity index (χ2v) is 1.94. The Kier molecular flexibility index (Phi) is 18.7. The minimum atomic E-state index is 1.05. The average molecular weight is 180 g/mol. The van der Waals surface area contributed by atoms with Gasteiger partial charge in [-0.3, -0.25) is 5.10 Å². The van der Waals surface area contributed by atoms with Crippen LogP contribution in [0.1, 0.15) is 40.5 Å². The summed E-state index contributed by atoms with van der Waals surface area (Å²) in [6, 6.07) is 1.83. The van der Waals surface area contributed by atoms with Crippen LogP contribution in [0.15, 0.2) is 18.5 Å². The van der Waals surface area contributed by atoms with E-state index in [1.54, 1.807) is 12.4 Å². The number of aromatic nitrogens is 2. The van der Waals surface area contributed by atoms with Gasteiger partial charge in [0.15, 0.2) is 0 Å². The zero-order valence-electron chi connectivity index (χ0n) is 9.09. The number of nitrogens with zero attached hydrogens (tertiary/aromatic N) is 1. The predicted molar refractivity (Wildman–Crippen MR) is 58.3 cm³/mol. The van der Waals surface area contributed by atoms with Crippen LogP contribution in [-0.2, 0) is 0 Å². The first-order chi connectivity index (χ1) is 6.41. The lowest BCUT2D eigenvalue weighted by molar-refractivity contribution is 0.983. The molecule has 0 radical (unpaired) electrons. The first kappa shape index (κ1) is 14.3. The normalized spacial score (nSPS) is 6.46. The van der Waals surface area contributed by atoms with E-state index in [1.165, 1.54) is 6.42 Å². The van der Waals surface area contributed by atoms with E-state index >= 15 is 0 Å². The van der Waals surface area contributed by atoms with Gasteiger partial charge < -0.3 is 0 Å². The fourth-order valence-electron chi connectivity index (χ4n) is 0.465. The molecule has 0 amide bonds. The summed E-state index contributed by atoms with van der Waals surface area (Å²) < 4.78 is 0. The minimum absolute atomic E-state index is 1.05. The van der Waals surface area contributed by atoms with Crippen molar-refractivity contribution in [2.45, 2.75) is 40.5 Å². The number of rotatable bonds is 1. The van der Waals surface area contributed by atoms with Crippen molar-refractivity contribution in [3.63, 3.8) is 0 Å². The molecule has 1 aromatic rings. The molecule has 74 valence electrons. The fourth-order valence-corrected chi connectivity index (χ4v) is 0.465. The van der Waals surface area contributed by atoms with Crippen molar-refractivity contribution in [1.29, 1.82) is 0 Å². The Labute approximate surface area is 81.8 Å². The molecular formula is C11H20N2. The molecule has 0 bridgehead atoms. The highest BCUT2D eigenvalue weighted by Gasteiger charge is 1.63. The van der Waals surface area contributed by atoms with Gasteiger partial charge >= 0.3 is 0 Å². The van der Waals surface area contributed by atoms with Crippen LogP contribution in [-0.4, -0.2) is 10.2 Å². The van der Waals surface area contributed by atoms with Crippen molar-refractivity contribution in [2.24, 2.45) is 0 Å². The number of aromatic amines is 1. The summed E-state index contributed by atoms with van der Waals surface area (Å²) in [7, 11) is 0. The summed E-state index contributed by atoms with van der Waals surface area (Å²) in [5, 5.41) is 6.21. The lowest BCUT2D eigenvalue weighted by atomic mass is 10.3. The van der Waals surface area contributed by atoms with Gasteiger partial charge in [-0.25, -0.2) is 0 Å². The van der Waals surface area contributed by atoms with Crippen LogP contribution in [0.2, 0.25) is 0 Å². The van der Waals surface area contributed by atoms with Gasteiger partial charge in [0.05, 0.1) is 0 Å². The van der Waals surface area contributed by atoms with Crippen LogP contribution in [0.5, 0.6) is 0 Å². The van der Waals surface area contributed by atoms with Gasteiger partial charge in [-0.05, 0) is 19.4 Å². The van der Waals surface area contributed by atoms with Crippen molar-refractivity contribution < 1.29 is 0 Å². The Hall–Kier alpha value is -1.23. The van der Waals surface area contributed by atoms with Gasteiger partial charge in [0.1, 0.15) is 0 Å². The summed E-state index contributed by atoms with van der Waals surface area (Å²) in [5.74, 6) is 5.77. The lowest BCUT2D eigenvalue weighted by Crippen LogP contribution is -1.56. The molecule has 13 heavy (non-hydrogen) atoms. The van der Waals surface area contributed by atoms with Gasteiger partial charge in [0, 0.05) is 18.8 Å². The molecule has 1 aromatic heterocycles. The molecule has 0 unspecified atom stereocenters. The zero-order chi connectivity index (χ0) is 10.4. The molecule has 2 nitrogen and oxygen atoms in total. The van der Waals surface area contributed by atoms with Gasteiger partial charge in [0.2, 0.25) is 0 Å². The highest BCUT2D eigenvalue weighted by Crippen LogP contribution is 1.79. The third-order valence-corrected chi connectivity index (χ3v) is 0.958. The maximum absolute atomic E-state index is 3.60. The van der Waals surface area contributed by atoms with Crippen LogP contribution >= 0.6 is 0 Å². The van der Waals surface area contributed by atoms with E-state index in [4.69, 9.17) is 0 Å². The van der Waals surface area contributed by atoms with E-state index in [9.17, 15) is 0 Å². The summed E-state index contributed by atoms with van der Waals surface area (Å²) in [5.41, 5.74) is 0. The van der Waals surface area contributed by atoms with E-state index in [1.807, 2.05) is 26.8 Å². The molecule has 0 saturated heterocycles. The standard InChI is InChI=1S/C6H10.C3H4N2.C2H6/c1-3-5-6-4-2;1-2-4-5-3-1;1-2/h3,5H2,1-2H3;1-3H,(H,4,5);1-2H3.